The van der Waals surface area contributed by atoms with Gasteiger partial charge in [0.1, 0.15) is 11.4 Å². The predicted molar refractivity (Wildman–Crippen MR) is 56.1 cm³/mol. The molecule has 0 saturated carbocycles. The zero-order chi connectivity index (χ0) is 11.7. The minimum Gasteiger partial charge on any atom is -0.482 e. The number of hydrogen-bond acceptors (Lipinski definition) is 3. The van der Waals surface area contributed by atoms with Crippen LogP contribution in [0.3, 0.4) is 0 Å². The summed E-state index contributed by atoms with van der Waals surface area (Å²) >= 11 is 0. The Morgan fingerprint density at radius 2 is 2.12 bits per heavy atom. The van der Waals surface area contributed by atoms with Crippen LogP contribution < -0.4 is 4.74 Å². The van der Waals surface area contributed by atoms with Crippen molar-refractivity contribution in [3.8, 4) is 5.88 Å². The number of rotatable bonds is 2. The quantitative estimate of drug-likeness (QED) is 0.793. The summed E-state index contributed by atoms with van der Waals surface area (Å²) in [5.41, 5.74) is 0.832. The number of methoxy groups -OCH3 is 2. The molecule has 0 bridgehead atoms. The van der Waals surface area contributed by atoms with Gasteiger partial charge in [0.2, 0.25) is 5.88 Å². The topological polar surface area (TPSA) is 51.3 Å². The lowest BCUT2D eigenvalue weighted by molar-refractivity contribution is 0.0599. The Morgan fingerprint density at radius 3 is 2.75 bits per heavy atom. The van der Waals surface area contributed by atoms with Crippen molar-refractivity contribution >= 4 is 16.9 Å². The van der Waals surface area contributed by atoms with Crippen molar-refractivity contribution < 1.29 is 18.7 Å². The molecule has 1 aromatic heterocycles. The van der Waals surface area contributed by atoms with Gasteiger partial charge in [-0.15, -0.1) is 0 Å². The predicted octanol–water partition coefficient (Wildman–Crippen LogP) is 2.10. The van der Waals surface area contributed by atoms with Gasteiger partial charge in [-0.3, -0.25) is 0 Å². The molecule has 1 N–H and O–H groups in total. The molecule has 4 nitrogen and oxygen atoms in total. The first-order valence-electron chi connectivity index (χ1n) is 4.61. The van der Waals surface area contributed by atoms with Crippen LogP contribution in [0.1, 0.15) is 10.4 Å². The number of carbonyl (C=O) groups is 1. The van der Waals surface area contributed by atoms with Gasteiger partial charge < -0.3 is 14.5 Å². The van der Waals surface area contributed by atoms with E-state index in [4.69, 9.17) is 4.74 Å². The van der Waals surface area contributed by atoms with E-state index in [1.807, 2.05) is 0 Å². The van der Waals surface area contributed by atoms with Crippen molar-refractivity contribution in [3.05, 3.63) is 29.6 Å². The Hall–Kier alpha value is -2.04. The fraction of sp³-hybridized carbons (Fsp3) is 0.182. The molecule has 1 aromatic carbocycles. The van der Waals surface area contributed by atoms with E-state index < -0.39 is 11.8 Å². The monoisotopic (exact) mass is 223 g/mol. The first-order chi connectivity index (χ1) is 7.67. The van der Waals surface area contributed by atoms with E-state index in [2.05, 4.69) is 9.72 Å². The van der Waals surface area contributed by atoms with Crippen LogP contribution >= 0.6 is 0 Å². The van der Waals surface area contributed by atoms with E-state index >= 15 is 0 Å². The second-order valence-electron chi connectivity index (χ2n) is 3.21. The number of fused-ring (bicyclic) bond motifs is 1. The number of esters is 1. The lowest BCUT2D eigenvalue weighted by atomic mass is 10.1. The number of H-pyrrole nitrogens is 1. The minimum absolute atomic E-state index is 0.208. The third kappa shape index (κ3) is 1.50. The van der Waals surface area contributed by atoms with E-state index in [1.165, 1.54) is 26.4 Å². The van der Waals surface area contributed by atoms with Crippen molar-refractivity contribution in [1.82, 2.24) is 4.98 Å². The molecular weight excluding hydrogens is 213 g/mol. The smallest absolute Gasteiger partial charge is 0.344 e. The first-order valence-corrected chi connectivity index (χ1v) is 4.61. The summed E-state index contributed by atoms with van der Waals surface area (Å²) < 4.78 is 22.7. The van der Waals surface area contributed by atoms with Crippen LogP contribution in [0.15, 0.2) is 18.2 Å². The Bertz CT molecular complexity index is 547. The SMILES string of the molecule is COC(=O)c1c(OC)[nH]c2ccc(F)cc12. The Labute approximate surface area is 91.0 Å². The zero-order valence-electron chi connectivity index (χ0n) is 8.83. The Morgan fingerprint density at radius 1 is 1.38 bits per heavy atom. The van der Waals surface area contributed by atoms with Crippen molar-refractivity contribution in [2.24, 2.45) is 0 Å². The molecule has 5 heteroatoms. The van der Waals surface area contributed by atoms with Gasteiger partial charge in [0.05, 0.1) is 14.2 Å². The van der Waals surface area contributed by atoms with Crippen molar-refractivity contribution in [3.63, 3.8) is 0 Å². The number of carbonyl (C=O) groups excluding carboxylic acids is 1. The van der Waals surface area contributed by atoms with Crippen LogP contribution in [0, 0.1) is 5.82 Å². The lowest BCUT2D eigenvalue weighted by Gasteiger charge is -2.00. The number of aromatic nitrogens is 1. The maximum absolute atomic E-state index is 13.1. The fourth-order valence-corrected chi connectivity index (χ4v) is 1.60. The van der Waals surface area contributed by atoms with Crippen LogP contribution in [0.25, 0.3) is 10.9 Å². The summed E-state index contributed by atoms with van der Waals surface area (Å²) in [5.74, 6) is -0.708. The highest BCUT2D eigenvalue weighted by atomic mass is 19.1. The second kappa shape index (κ2) is 3.84. The Kier molecular flexibility index (Phi) is 2.52. The van der Waals surface area contributed by atoms with E-state index in [1.54, 1.807) is 6.07 Å². The van der Waals surface area contributed by atoms with Gasteiger partial charge in [0, 0.05) is 10.9 Å². The second-order valence-corrected chi connectivity index (χ2v) is 3.21. The average Bonchev–Trinajstić information content (AvgIpc) is 2.65. The molecule has 0 radical (unpaired) electrons. The number of hydrogen-bond donors (Lipinski definition) is 1. The molecule has 0 amide bonds. The molecule has 0 atom stereocenters. The molecule has 2 rings (SSSR count). The van der Waals surface area contributed by atoms with Crippen LogP contribution in [0.2, 0.25) is 0 Å². The van der Waals surface area contributed by atoms with E-state index in [0.717, 1.165) is 0 Å². The van der Waals surface area contributed by atoms with Crippen molar-refractivity contribution in [1.29, 1.82) is 0 Å². The summed E-state index contributed by atoms with van der Waals surface area (Å²) in [6, 6.07) is 4.11. The Balaban J connectivity index is 2.75. The van der Waals surface area contributed by atoms with E-state index in [-0.39, 0.29) is 11.4 Å². The summed E-state index contributed by atoms with van der Waals surface area (Å²) in [7, 11) is 2.69. The molecule has 0 spiro atoms. The number of benzene rings is 1. The maximum atomic E-state index is 13.1. The van der Waals surface area contributed by atoms with Gasteiger partial charge in [-0.1, -0.05) is 0 Å². The normalized spacial score (nSPS) is 10.4. The highest BCUT2D eigenvalue weighted by Crippen LogP contribution is 2.28. The van der Waals surface area contributed by atoms with Gasteiger partial charge in [-0.2, -0.15) is 0 Å². The van der Waals surface area contributed by atoms with E-state index in [9.17, 15) is 9.18 Å². The number of ether oxygens (including phenoxy) is 2. The standard InChI is InChI=1S/C11H10FNO3/c1-15-10-9(11(14)16-2)7-5-6(12)3-4-8(7)13-10/h3-5,13H,1-2H3. The van der Waals surface area contributed by atoms with Crippen LogP contribution in [-0.4, -0.2) is 25.2 Å². The van der Waals surface area contributed by atoms with Crippen molar-refractivity contribution in [2.45, 2.75) is 0 Å². The molecule has 2 aromatic rings. The molecule has 0 fully saturated rings. The van der Waals surface area contributed by atoms with E-state index in [0.29, 0.717) is 10.9 Å². The van der Waals surface area contributed by atoms with Crippen LogP contribution in [0.5, 0.6) is 5.88 Å². The summed E-state index contributed by atoms with van der Waals surface area (Å²) in [6.07, 6.45) is 0. The largest absolute Gasteiger partial charge is 0.482 e. The number of aromatic amines is 1. The molecule has 0 unspecified atom stereocenters. The third-order valence-corrected chi connectivity index (χ3v) is 2.32. The molecule has 16 heavy (non-hydrogen) atoms. The zero-order valence-corrected chi connectivity index (χ0v) is 8.83. The van der Waals surface area contributed by atoms with Gasteiger partial charge >= 0.3 is 5.97 Å². The molecule has 0 saturated heterocycles. The number of nitrogens with one attached hydrogen (secondary N) is 1. The fourth-order valence-electron chi connectivity index (χ4n) is 1.60. The molecule has 0 aliphatic rings. The van der Waals surface area contributed by atoms with Gasteiger partial charge in [-0.25, -0.2) is 9.18 Å². The van der Waals surface area contributed by atoms with Crippen molar-refractivity contribution in [2.75, 3.05) is 14.2 Å². The average molecular weight is 223 g/mol. The van der Waals surface area contributed by atoms with Gasteiger partial charge in [0.25, 0.3) is 0 Å². The summed E-state index contributed by atoms with van der Waals surface area (Å²) in [5, 5.41) is 0.448. The first kappa shape index (κ1) is 10.5. The van der Waals surface area contributed by atoms with Gasteiger partial charge in [-0.05, 0) is 18.2 Å². The highest BCUT2D eigenvalue weighted by Gasteiger charge is 2.20. The third-order valence-electron chi connectivity index (χ3n) is 2.32. The molecule has 1 heterocycles. The highest BCUT2D eigenvalue weighted by molar-refractivity contribution is 6.06. The maximum Gasteiger partial charge on any atom is 0.344 e. The van der Waals surface area contributed by atoms with Crippen LogP contribution in [-0.2, 0) is 4.74 Å². The molecule has 84 valence electrons. The summed E-state index contributed by atoms with van der Waals surface area (Å²) in [6.45, 7) is 0. The molecule has 0 aliphatic carbocycles. The lowest BCUT2D eigenvalue weighted by Crippen LogP contribution is -2.02. The van der Waals surface area contributed by atoms with Gasteiger partial charge in [0.15, 0.2) is 0 Å². The van der Waals surface area contributed by atoms with Crippen LogP contribution in [0.4, 0.5) is 4.39 Å². The number of halogens is 1. The molecule has 0 aliphatic heterocycles. The summed E-state index contributed by atoms with van der Waals surface area (Å²) in [4.78, 5) is 14.4. The molecular formula is C11H10FNO3. The minimum atomic E-state index is -0.561.